The van der Waals surface area contributed by atoms with Crippen LogP contribution >= 0.6 is 0 Å². The summed E-state index contributed by atoms with van der Waals surface area (Å²) >= 11 is 0. The smallest absolute Gasteiger partial charge is 0.310 e. The van der Waals surface area contributed by atoms with Gasteiger partial charge in [-0.1, -0.05) is 56.3 Å². The topological polar surface area (TPSA) is 63.6 Å². The normalized spacial score (nSPS) is 14.6. The van der Waals surface area contributed by atoms with Crippen molar-refractivity contribution in [1.82, 2.24) is 0 Å². The molecule has 0 radical (unpaired) electrons. The van der Waals surface area contributed by atoms with Crippen LogP contribution in [0.1, 0.15) is 46.6 Å². The highest BCUT2D eigenvalue weighted by atomic mass is 16.6. The van der Waals surface area contributed by atoms with Gasteiger partial charge in [0.1, 0.15) is 5.60 Å². The number of hydrogen-bond acceptors (Lipinski definition) is 3. The fourth-order valence-electron chi connectivity index (χ4n) is 2.60. The molecule has 0 fully saturated rings. The van der Waals surface area contributed by atoms with E-state index in [1.807, 2.05) is 56.3 Å². The van der Waals surface area contributed by atoms with Crippen molar-refractivity contribution >= 4 is 18.0 Å². The Bertz CT molecular complexity index is 567. The Labute approximate surface area is 144 Å². The van der Waals surface area contributed by atoms with E-state index in [4.69, 9.17) is 4.74 Å². The Morgan fingerprint density at radius 2 is 1.75 bits per heavy atom. The molecule has 0 bridgehead atoms. The molecule has 0 saturated carbocycles. The highest BCUT2D eigenvalue weighted by Gasteiger charge is 2.37. The third kappa shape index (κ3) is 6.57. The second-order valence-corrected chi connectivity index (χ2v) is 7.30. The predicted molar refractivity (Wildman–Crippen MR) is 95.4 cm³/mol. The second kappa shape index (κ2) is 8.67. The molecule has 0 aliphatic rings. The number of carbonyl (C=O) groups excluding carboxylic acids is 1. The summed E-state index contributed by atoms with van der Waals surface area (Å²) < 4.78 is 5.45. The quantitative estimate of drug-likeness (QED) is 0.751. The minimum Gasteiger partial charge on any atom is -0.481 e. The van der Waals surface area contributed by atoms with E-state index >= 15 is 0 Å². The molecule has 1 N–H and O–H groups in total. The molecule has 4 nitrogen and oxygen atoms in total. The Morgan fingerprint density at radius 1 is 1.17 bits per heavy atom. The first-order chi connectivity index (χ1) is 11.1. The molecular formula is C20H28O4. The third-order valence-corrected chi connectivity index (χ3v) is 3.65. The number of carboxylic acid groups (broad SMARTS) is 1. The summed E-state index contributed by atoms with van der Waals surface area (Å²) in [5.41, 5.74) is 0.371. The van der Waals surface area contributed by atoms with Crippen molar-refractivity contribution < 1.29 is 19.4 Å². The summed E-state index contributed by atoms with van der Waals surface area (Å²) in [5, 5.41) is 9.55. The lowest BCUT2D eigenvalue weighted by molar-refractivity contribution is -0.167. The van der Waals surface area contributed by atoms with Gasteiger partial charge in [-0.3, -0.25) is 9.59 Å². The first-order valence-electron chi connectivity index (χ1n) is 8.29. The first-order valence-corrected chi connectivity index (χ1v) is 8.29. The van der Waals surface area contributed by atoms with E-state index in [-0.39, 0.29) is 5.92 Å². The summed E-state index contributed by atoms with van der Waals surface area (Å²) in [6.45, 7) is 8.99. The lowest BCUT2D eigenvalue weighted by Gasteiger charge is -2.28. The average Bonchev–Trinajstić information content (AvgIpc) is 2.44. The van der Waals surface area contributed by atoms with Gasteiger partial charge in [-0.2, -0.15) is 0 Å². The van der Waals surface area contributed by atoms with Crippen molar-refractivity contribution in [3.8, 4) is 0 Å². The largest absolute Gasteiger partial charge is 0.481 e. The predicted octanol–water partition coefficient (Wildman–Crippen LogP) is 4.40. The van der Waals surface area contributed by atoms with Gasteiger partial charge in [0.15, 0.2) is 0 Å². The van der Waals surface area contributed by atoms with Crippen LogP contribution in [0, 0.1) is 17.8 Å². The Balaban J connectivity index is 2.97. The third-order valence-electron chi connectivity index (χ3n) is 3.65. The van der Waals surface area contributed by atoms with Crippen LogP contribution in [0.25, 0.3) is 6.08 Å². The minimum absolute atomic E-state index is 0.162. The molecule has 132 valence electrons. The first kappa shape index (κ1) is 19.9. The summed E-state index contributed by atoms with van der Waals surface area (Å²) in [6, 6.07) is 9.70. The summed E-state index contributed by atoms with van der Waals surface area (Å²) in [5.74, 6) is -3.07. The molecule has 0 aliphatic carbocycles. The standard InChI is InChI=1S/C20H28O4/c1-14(2)17(18(21)22)16(19(23)24-20(3,4)5)13-9-12-15-10-7-6-8-11-15/h6-12,14,16-17H,13H2,1-5H3,(H,21,22)/b12-9+. The molecule has 1 aromatic rings. The SMILES string of the molecule is CC(C)C(C(=O)O)C(C/C=C/c1ccccc1)C(=O)OC(C)(C)C. The molecule has 24 heavy (non-hydrogen) atoms. The lowest BCUT2D eigenvalue weighted by atomic mass is 9.81. The molecule has 2 unspecified atom stereocenters. The van der Waals surface area contributed by atoms with Crippen molar-refractivity contribution in [3.63, 3.8) is 0 Å². The van der Waals surface area contributed by atoms with Crippen molar-refractivity contribution in [3.05, 3.63) is 42.0 Å². The van der Waals surface area contributed by atoms with Gasteiger partial charge in [-0.25, -0.2) is 0 Å². The zero-order valence-corrected chi connectivity index (χ0v) is 15.2. The Hall–Kier alpha value is -2.10. The lowest BCUT2D eigenvalue weighted by Crippen LogP contribution is -2.37. The highest BCUT2D eigenvalue weighted by molar-refractivity contribution is 5.81. The molecular weight excluding hydrogens is 304 g/mol. The van der Waals surface area contributed by atoms with E-state index in [9.17, 15) is 14.7 Å². The number of carbonyl (C=O) groups is 2. The van der Waals surface area contributed by atoms with Crippen LogP contribution in [0.2, 0.25) is 0 Å². The van der Waals surface area contributed by atoms with E-state index in [0.717, 1.165) is 5.56 Å². The molecule has 2 atom stereocenters. The number of carboxylic acids is 1. The molecule has 0 heterocycles. The van der Waals surface area contributed by atoms with Crippen molar-refractivity contribution in [2.24, 2.45) is 17.8 Å². The second-order valence-electron chi connectivity index (χ2n) is 7.30. The molecule has 0 spiro atoms. The maximum absolute atomic E-state index is 12.5. The molecule has 0 aromatic heterocycles. The van der Waals surface area contributed by atoms with Gasteiger partial charge in [-0.15, -0.1) is 0 Å². The van der Waals surface area contributed by atoms with Crippen LogP contribution in [0.5, 0.6) is 0 Å². The highest BCUT2D eigenvalue weighted by Crippen LogP contribution is 2.28. The number of aliphatic carboxylic acids is 1. The van der Waals surface area contributed by atoms with E-state index in [1.54, 1.807) is 20.8 Å². The molecule has 0 saturated heterocycles. The van der Waals surface area contributed by atoms with Crippen LogP contribution in [0.15, 0.2) is 36.4 Å². The number of hydrogen-bond donors (Lipinski definition) is 1. The van der Waals surface area contributed by atoms with Gasteiger partial charge >= 0.3 is 11.9 Å². The van der Waals surface area contributed by atoms with Gasteiger partial charge in [0.25, 0.3) is 0 Å². The van der Waals surface area contributed by atoms with Crippen LogP contribution in [0.3, 0.4) is 0 Å². The van der Waals surface area contributed by atoms with Crippen molar-refractivity contribution in [2.75, 3.05) is 0 Å². The summed E-state index contributed by atoms with van der Waals surface area (Å²) in [6.07, 6.45) is 4.08. The fourth-order valence-corrected chi connectivity index (χ4v) is 2.60. The molecule has 1 aromatic carbocycles. The molecule has 4 heteroatoms. The van der Waals surface area contributed by atoms with Gasteiger partial charge in [0.05, 0.1) is 11.8 Å². The molecule has 0 aliphatic heterocycles. The van der Waals surface area contributed by atoms with Gasteiger partial charge in [-0.05, 0) is 38.7 Å². The van der Waals surface area contributed by atoms with Crippen molar-refractivity contribution in [1.29, 1.82) is 0 Å². The molecule has 0 amide bonds. The fraction of sp³-hybridized carbons (Fsp3) is 0.500. The average molecular weight is 332 g/mol. The van der Waals surface area contributed by atoms with Crippen LogP contribution in [-0.2, 0) is 14.3 Å². The van der Waals surface area contributed by atoms with Crippen LogP contribution in [-0.4, -0.2) is 22.6 Å². The van der Waals surface area contributed by atoms with E-state index in [1.165, 1.54) is 0 Å². The minimum atomic E-state index is -0.964. The maximum atomic E-state index is 12.5. The summed E-state index contributed by atoms with van der Waals surface area (Å²) in [7, 11) is 0. The number of esters is 1. The molecule has 1 rings (SSSR count). The van der Waals surface area contributed by atoms with Gasteiger partial charge < -0.3 is 9.84 Å². The maximum Gasteiger partial charge on any atom is 0.310 e. The Morgan fingerprint density at radius 3 is 2.21 bits per heavy atom. The number of ether oxygens (including phenoxy) is 1. The van der Waals surface area contributed by atoms with E-state index in [2.05, 4.69) is 0 Å². The van der Waals surface area contributed by atoms with Gasteiger partial charge in [0.2, 0.25) is 0 Å². The number of allylic oxidation sites excluding steroid dienone is 1. The zero-order valence-electron chi connectivity index (χ0n) is 15.2. The van der Waals surface area contributed by atoms with Gasteiger partial charge in [0, 0.05) is 0 Å². The van der Waals surface area contributed by atoms with Crippen molar-refractivity contribution in [2.45, 2.75) is 46.6 Å². The number of benzene rings is 1. The van der Waals surface area contributed by atoms with E-state index in [0.29, 0.717) is 6.42 Å². The monoisotopic (exact) mass is 332 g/mol. The number of rotatable bonds is 7. The summed E-state index contributed by atoms with van der Waals surface area (Å²) in [4.78, 5) is 24.2. The van der Waals surface area contributed by atoms with Crippen LogP contribution in [0.4, 0.5) is 0 Å². The van der Waals surface area contributed by atoms with Crippen LogP contribution < -0.4 is 0 Å². The Kier molecular flexibility index (Phi) is 7.20. The zero-order chi connectivity index (χ0) is 18.3. The van der Waals surface area contributed by atoms with E-state index < -0.39 is 29.4 Å².